The maximum Gasteiger partial charge on any atom is 0.129 e. The van der Waals surface area contributed by atoms with E-state index in [4.69, 9.17) is 4.74 Å². The van der Waals surface area contributed by atoms with E-state index in [2.05, 4.69) is 87.4 Å². The number of ether oxygens (including phenoxy) is 1. The summed E-state index contributed by atoms with van der Waals surface area (Å²) in [6, 6.07) is 19.3. The number of nitrogens with zero attached hydrogens (tertiary/aromatic N) is 4. The average molecular weight is 414 g/mol. The Labute approximate surface area is 182 Å². The van der Waals surface area contributed by atoms with E-state index in [0.29, 0.717) is 0 Å². The number of aromatic amines is 1. The van der Waals surface area contributed by atoms with Crippen LogP contribution in [-0.4, -0.2) is 48.0 Å². The van der Waals surface area contributed by atoms with Crippen LogP contribution in [-0.2, 0) is 4.74 Å². The maximum absolute atomic E-state index is 5.48. The molecule has 0 atom stereocenters. The molecule has 1 aliphatic heterocycles. The molecule has 0 amide bonds. The molecule has 4 aromatic rings. The number of benzene rings is 2. The van der Waals surface area contributed by atoms with Gasteiger partial charge in [-0.2, -0.15) is 5.10 Å². The molecule has 0 aliphatic carbocycles. The van der Waals surface area contributed by atoms with Crippen LogP contribution in [0, 0.1) is 6.92 Å². The predicted molar refractivity (Wildman–Crippen MR) is 126 cm³/mol. The Morgan fingerprint density at radius 1 is 1.03 bits per heavy atom. The second-order valence-corrected chi connectivity index (χ2v) is 7.89. The smallest absolute Gasteiger partial charge is 0.129 e. The number of pyridine rings is 1. The number of fused-ring (bicyclic) bond motifs is 1. The molecule has 2 aromatic heterocycles. The highest BCUT2D eigenvalue weighted by atomic mass is 16.5. The number of morpholine rings is 1. The first-order valence-electron chi connectivity index (χ1n) is 10.8. The summed E-state index contributed by atoms with van der Waals surface area (Å²) < 4.78 is 5.48. The molecule has 5 rings (SSSR count). The summed E-state index contributed by atoms with van der Waals surface area (Å²) >= 11 is 0. The minimum absolute atomic E-state index is 0.742. The third kappa shape index (κ3) is 3.86. The van der Waals surface area contributed by atoms with Gasteiger partial charge < -0.3 is 14.5 Å². The van der Waals surface area contributed by atoms with E-state index in [1.165, 1.54) is 11.3 Å². The monoisotopic (exact) mass is 413 g/mol. The molecule has 1 saturated heterocycles. The van der Waals surface area contributed by atoms with Crippen molar-refractivity contribution in [3.05, 3.63) is 66.4 Å². The first-order chi connectivity index (χ1) is 15.2. The van der Waals surface area contributed by atoms with Gasteiger partial charge in [0.1, 0.15) is 11.5 Å². The lowest BCUT2D eigenvalue weighted by atomic mass is 10.1. The average Bonchev–Trinajstić information content (AvgIpc) is 3.24. The summed E-state index contributed by atoms with van der Waals surface area (Å²) in [7, 11) is 0. The van der Waals surface area contributed by atoms with Crippen molar-refractivity contribution in [1.82, 2.24) is 15.2 Å². The number of nitrogens with one attached hydrogen (secondary N) is 1. The van der Waals surface area contributed by atoms with Crippen molar-refractivity contribution in [1.29, 1.82) is 0 Å². The van der Waals surface area contributed by atoms with Crippen molar-refractivity contribution >= 4 is 28.1 Å². The number of H-pyrrole nitrogens is 1. The van der Waals surface area contributed by atoms with Crippen LogP contribution in [0.5, 0.6) is 0 Å². The number of rotatable bonds is 5. The van der Waals surface area contributed by atoms with E-state index in [1.54, 1.807) is 0 Å². The zero-order chi connectivity index (χ0) is 21.2. The summed E-state index contributed by atoms with van der Waals surface area (Å²) in [5.41, 5.74) is 6.67. The molecular formula is C25H27N5O. The summed E-state index contributed by atoms with van der Waals surface area (Å²) in [5.74, 6) is 0.975. The molecule has 158 valence electrons. The largest absolute Gasteiger partial charge is 0.378 e. The first-order valence-corrected chi connectivity index (χ1v) is 10.8. The van der Waals surface area contributed by atoms with Crippen molar-refractivity contribution in [2.24, 2.45) is 0 Å². The van der Waals surface area contributed by atoms with E-state index in [-0.39, 0.29) is 0 Å². The van der Waals surface area contributed by atoms with Crippen molar-refractivity contribution in [2.45, 2.75) is 13.8 Å². The van der Waals surface area contributed by atoms with Gasteiger partial charge in [-0.1, -0.05) is 12.1 Å². The Morgan fingerprint density at radius 3 is 2.68 bits per heavy atom. The number of aryl methyl sites for hydroxylation is 1. The van der Waals surface area contributed by atoms with E-state index >= 15 is 0 Å². The number of aromatic nitrogens is 3. The summed E-state index contributed by atoms with van der Waals surface area (Å²) in [5, 5.41) is 8.96. The molecule has 0 bridgehead atoms. The third-order valence-corrected chi connectivity index (χ3v) is 5.84. The van der Waals surface area contributed by atoms with Gasteiger partial charge in [-0.15, -0.1) is 0 Å². The second kappa shape index (κ2) is 8.40. The Morgan fingerprint density at radius 2 is 1.87 bits per heavy atom. The van der Waals surface area contributed by atoms with Crippen LogP contribution in [0.1, 0.15) is 12.5 Å². The summed E-state index contributed by atoms with van der Waals surface area (Å²) in [6.07, 6.45) is 1.87. The molecule has 0 radical (unpaired) electrons. The van der Waals surface area contributed by atoms with Crippen LogP contribution >= 0.6 is 0 Å². The second-order valence-electron chi connectivity index (χ2n) is 7.89. The van der Waals surface area contributed by atoms with E-state index in [9.17, 15) is 0 Å². The van der Waals surface area contributed by atoms with Gasteiger partial charge in [-0.3, -0.25) is 5.10 Å². The van der Waals surface area contributed by atoms with Crippen molar-refractivity contribution < 1.29 is 4.74 Å². The normalized spacial score (nSPS) is 14.2. The Hall–Kier alpha value is -3.38. The Kier molecular flexibility index (Phi) is 5.30. The van der Waals surface area contributed by atoms with Gasteiger partial charge in [0, 0.05) is 48.2 Å². The zero-order valence-electron chi connectivity index (χ0n) is 18.0. The standard InChI is InChI=1S/C25H27N5O/c1-3-30(20-6-4-5-18(2)15-20)21-7-8-23-22(17-21)25(28-27-23)19-9-10-26-24(16-19)29-11-13-31-14-12-29/h4-10,15-17H,3,11-14H2,1-2H3,(H,27,28). The van der Waals surface area contributed by atoms with Gasteiger partial charge in [-0.25, -0.2) is 4.98 Å². The molecule has 1 aliphatic rings. The lowest BCUT2D eigenvalue weighted by Gasteiger charge is -2.27. The molecular weight excluding hydrogens is 386 g/mol. The lowest BCUT2D eigenvalue weighted by Crippen LogP contribution is -2.36. The molecule has 0 saturated carbocycles. The SMILES string of the molecule is CCN(c1cccc(C)c1)c1ccc2[nH]nc(-c3ccnc(N4CCOCC4)c3)c2c1. The first kappa shape index (κ1) is 19.6. The molecule has 1 fully saturated rings. The lowest BCUT2D eigenvalue weighted by molar-refractivity contribution is 0.122. The van der Waals surface area contributed by atoms with Crippen molar-refractivity contribution in [3.63, 3.8) is 0 Å². The molecule has 3 heterocycles. The fraction of sp³-hybridized carbons (Fsp3) is 0.280. The van der Waals surface area contributed by atoms with Crippen LogP contribution in [0.3, 0.4) is 0 Å². The van der Waals surface area contributed by atoms with Crippen LogP contribution in [0.2, 0.25) is 0 Å². The molecule has 0 unspecified atom stereocenters. The van der Waals surface area contributed by atoms with Crippen molar-refractivity contribution in [3.8, 4) is 11.3 Å². The molecule has 6 heteroatoms. The molecule has 0 spiro atoms. The summed E-state index contributed by atoms with van der Waals surface area (Å²) in [4.78, 5) is 9.18. The number of hydrogen-bond donors (Lipinski definition) is 1. The van der Waals surface area contributed by atoms with Gasteiger partial charge in [0.15, 0.2) is 0 Å². The van der Waals surface area contributed by atoms with Crippen LogP contribution < -0.4 is 9.80 Å². The highest BCUT2D eigenvalue weighted by molar-refractivity contribution is 5.95. The fourth-order valence-electron chi connectivity index (χ4n) is 4.23. The van der Waals surface area contributed by atoms with Crippen LogP contribution in [0.4, 0.5) is 17.2 Å². The van der Waals surface area contributed by atoms with Crippen molar-refractivity contribution in [2.75, 3.05) is 42.6 Å². The fourth-order valence-corrected chi connectivity index (χ4v) is 4.23. The van der Waals surface area contributed by atoms with Crippen LogP contribution in [0.15, 0.2) is 60.8 Å². The number of hydrogen-bond acceptors (Lipinski definition) is 5. The van der Waals surface area contributed by atoms with Gasteiger partial charge in [0.05, 0.1) is 18.7 Å². The highest BCUT2D eigenvalue weighted by Crippen LogP contribution is 2.33. The van der Waals surface area contributed by atoms with Gasteiger partial charge in [-0.05, 0) is 61.9 Å². The predicted octanol–water partition coefficient (Wildman–Crippen LogP) is 4.93. The molecule has 2 aromatic carbocycles. The van der Waals surface area contributed by atoms with E-state index in [0.717, 1.165) is 66.5 Å². The van der Waals surface area contributed by atoms with E-state index in [1.807, 2.05) is 12.3 Å². The number of anilines is 3. The maximum atomic E-state index is 5.48. The molecule has 6 nitrogen and oxygen atoms in total. The molecule has 31 heavy (non-hydrogen) atoms. The van der Waals surface area contributed by atoms with Crippen LogP contribution in [0.25, 0.3) is 22.2 Å². The van der Waals surface area contributed by atoms with E-state index < -0.39 is 0 Å². The highest BCUT2D eigenvalue weighted by Gasteiger charge is 2.16. The summed E-state index contributed by atoms with van der Waals surface area (Å²) in [6.45, 7) is 8.41. The Balaban J connectivity index is 1.54. The molecule has 1 N–H and O–H groups in total. The Bertz CT molecular complexity index is 1200. The van der Waals surface area contributed by atoms with Gasteiger partial charge in [0.25, 0.3) is 0 Å². The third-order valence-electron chi connectivity index (χ3n) is 5.84. The topological polar surface area (TPSA) is 57.3 Å². The van der Waals surface area contributed by atoms with Gasteiger partial charge >= 0.3 is 0 Å². The zero-order valence-corrected chi connectivity index (χ0v) is 18.0. The van der Waals surface area contributed by atoms with Gasteiger partial charge in [0.2, 0.25) is 0 Å². The minimum atomic E-state index is 0.742. The minimum Gasteiger partial charge on any atom is -0.378 e. The quantitative estimate of drug-likeness (QED) is 0.503.